The molecule has 6 nitrogen and oxygen atoms in total. The average Bonchev–Trinajstić information content (AvgIpc) is 2.66. The quantitative estimate of drug-likeness (QED) is 0.830. The van der Waals surface area contributed by atoms with Crippen LogP contribution in [0.15, 0.2) is 48.5 Å². The standard InChI is InChI=1S/C19H19NO5/c1-24-18(22)14-8-6-13(7-9-14)17(21)20-12-19(23)10-11-25-16-5-3-2-4-15(16)19/h2-9,23H,10-12H2,1H3,(H,20,21). The number of carbonyl (C=O) groups is 2. The number of carbonyl (C=O) groups excluding carboxylic acids is 2. The van der Waals surface area contributed by atoms with Crippen LogP contribution in [0, 0.1) is 0 Å². The first kappa shape index (κ1) is 17.0. The van der Waals surface area contributed by atoms with Crippen molar-refractivity contribution in [3.05, 3.63) is 65.2 Å². The fraction of sp³-hybridized carbons (Fsp3) is 0.263. The summed E-state index contributed by atoms with van der Waals surface area (Å²) < 4.78 is 10.2. The van der Waals surface area contributed by atoms with Gasteiger partial charge in [0, 0.05) is 17.5 Å². The Morgan fingerprint density at radius 2 is 1.84 bits per heavy atom. The molecule has 0 spiro atoms. The molecule has 0 saturated carbocycles. The predicted molar refractivity (Wildman–Crippen MR) is 90.6 cm³/mol. The number of hydrogen-bond donors (Lipinski definition) is 2. The summed E-state index contributed by atoms with van der Waals surface area (Å²) in [6, 6.07) is 13.4. The number of fused-ring (bicyclic) bond motifs is 1. The molecule has 0 fully saturated rings. The first-order valence-corrected chi connectivity index (χ1v) is 7.95. The van der Waals surface area contributed by atoms with Crippen molar-refractivity contribution in [2.24, 2.45) is 0 Å². The van der Waals surface area contributed by atoms with Crippen molar-refractivity contribution in [1.82, 2.24) is 5.32 Å². The molecular weight excluding hydrogens is 322 g/mol. The Kier molecular flexibility index (Phi) is 4.72. The van der Waals surface area contributed by atoms with Crippen molar-refractivity contribution in [3.8, 4) is 5.75 Å². The molecule has 3 rings (SSSR count). The minimum Gasteiger partial charge on any atom is -0.493 e. The Morgan fingerprint density at radius 3 is 2.56 bits per heavy atom. The molecule has 1 unspecified atom stereocenters. The van der Waals surface area contributed by atoms with Crippen LogP contribution in [0.3, 0.4) is 0 Å². The van der Waals surface area contributed by atoms with Crippen molar-refractivity contribution in [3.63, 3.8) is 0 Å². The number of benzene rings is 2. The largest absolute Gasteiger partial charge is 0.493 e. The van der Waals surface area contributed by atoms with E-state index in [9.17, 15) is 14.7 Å². The summed E-state index contributed by atoms with van der Waals surface area (Å²) >= 11 is 0. The van der Waals surface area contributed by atoms with E-state index in [0.717, 1.165) is 0 Å². The number of rotatable bonds is 4. The highest BCUT2D eigenvalue weighted by Gasteiger charge is 2.35. The molecule has 25 heavy (non-hydrogen) atoms. The molecule has 1 heterocycles. The average molecular weight is 341 g/mol. The number of nitrogens with one attached hydrogen (secondary N) is 1. The zero-order valence-corrected chi connectivity index (χ0v) is 13.8. The van der Waals surface area contributed by atoms with E-state index >= 15 is 0 Å². The lowest BCUT2D eigenvalue weighted by atomic mass is 9.88. The maximum absolute atomic E-state index is 12.3. The Hall–Kier alpha value is -2.86. The van der Waals surface area contributed by atoms with Crippen LogP contribution in [0.25, 0.3) is 0 Å². The van der Waals surface area contributed by atoms with Gasteiger partial charge in [-0.15, -0.1) is 0 Å². The molecule has 0 aromatic heterocycles. The molecule has 1 amide bonds. The van der Waals surface area contributed by atoms with Gasteiger partial charge in [-0.1, -0.05) is 18.2 Å². The third-order valence-electron chi connectivity index (χ3n) is 4.27. The number of ether oxygens (including phenoxy) is 2. The van der Waals surface area contributed by atoms with E-state index in [4.69, 9.17) is 4.74 Å². The van der Waals surface area contributed by atoms with Crippen molar-refractivity contribution in [1.29, 1.82) is 0 Å². The molecule has 0 radical (unpaired) electrons. The number of para-hydroxylation sites is 1. The fourth-order valence-electron chi connectivity index (χ4n) is 2.83. The molecule has 2 aromatic carbocycles. The Bertz CT molecular complexity index is 787. The normalized spacial score (nSPS) is 18.6. The third-order valence-corrected chi connectivity index (χ3v) is 4.27. The summed E-state index contributed by atoms with van der Waals surface area (Å²) in [6.07, 6.45) is 0.394. The van der Waals surface area contributed by atoms with Crippen molar-refractivity contribution >= 4 is 11.9 Å². The van der Waals surface area contributed by atoms with Gasteiger partial charge in [0.25, 0.3) is 5.91 Å². The van der Waals surface area contributed by atoms with E-state index < -0.39 is 11.6 Å². The summed E-state index contributed by atoms with van der Waals surface area (Å²) in [4.78, 5) is 23.7. The van der Waals surface area contributed by atoms with Gasteiger partial charge < -0.3 is 19.9 Å². The van der Waals surface area contributed by atoms with E-state index in [1.54, 1.807) is 24.3 Å². The highest BCUT2D eigenvalue weighted by atomic mass is 16.5. The molecule has 6 heteroatoms. The Balaban J connectivity index is 1.69. The topological polar surface area (TPSA) is 84.9 Å². The highest BCUT2D eigenvalue weighted by Crippen LogP contribution is 2.36. The Labute approximate surface area is 145 Å². The van der Waals surface area contributed by atoms with Crippen LogP contribution in [0.4, 0.5) is 0 Å². The van der Waals surface area contributed by atoms with E-state index in [1.165, 1.54) is 19.2 Å². The minimum atomic E-state index is -1.17. The molecule has 1 atom stereocenters. The maximum atomic E-state index is 12.3. The van der Waals surface area contributed by atoms with Crippen molar-refractivity contribution < 1.29 is 24.2 Å². The Morgan fingerprint density at radius 1 is 1.16 bits per heavy atom. The van der Waals surface area contributed by atoms with Crippen LogP contribution in [-0.2, 0) is 10.3 Å². The first-order chi connectivity index (χ1) is 12.0. The van der Waals surface area contributed by atoms with Gasteiger partial charge in [0.2, 0.25) is 0 Å². The van der Waals surface area contributed by atoms with Gasteiger partial charge in [-0.2, -0.15) is 0 Å². The predicted octanol–water partition coefficient (Wildman–Crippen LogP) is 1.87. The van der Waals surface area contributed by atoms with Gasteiger partial charge in [-0.05, 0) is 30.3 Å². The fourth-order valence-corrected chi connectivity index (χ4v) is 2.83. The molecule has 130 valence electrons. The zero-order valence-electron chi connectivity index (χ0n) is 13.8. The number of aliphatic hydroxyl groups is 1. The second-order valence-electron chi connectivity index (χ2n) is 5.88. The summed E-state index contributed by atoms with van der Waals surface area (Å²) in [5.74, 6) is -0.151. The van der Waals surface area contributed by atoms with Crippen molar-refractivity contribution in [2.75, 3.05) is 20.3 Å². The van der Waals surface area contributed by atoms with Gasteiger partial charge in [0.05, 0.1) is 25.8 Å². The summed E-state index contributed by atoms with van der Waals surface area (Å²) in [5, 5.41) is 13.7. The van der Waals surface area contributed by atoms with Crippen LogP contribution in [0.1, 0.15) is 32.7 Å². The van der Waals surface area contributed by atoms with Gasteiger partial charge in [-0.25, -0.2) is 4.79 Å². The SMILES string of the molecule is COC(=O)c1ccc(C(=O)NCC2(O)CCOc3ccccc32)cc1. The van der Waals surface area contributed by atoms with Crippen molar-refractivity contribution in [2.45, 2.75) is 12.0 Å². The lowest BCUT2D eigenvalue weighted by Gasteiger charge is -2.34. The monoisotopic (exact) mass is 341 g/mol. The van der Waals surface area contributed by atoms with Crippen LogP contribution < -0.4 is 10.1 Å². The highest BCUT2D eigenvalue weighted by molar-refractivity contribution is 5.96. The summed E-state index contributed by atoms with van der Waals surface area (Å²) in [7, 11) is 1.30. The molecule has 0 bridgehead atoms. The number of methoxy groups -OCH3 is 1. The number of esters is 1. The molecule has 2 N–H and O–H groups in total. The van der Waals surface area contributed by atoms with Gasteiger partial charge in [0.15, 0.2) is 0 Å². The molecule has 0 saturated heterocycles. The van der Waals surface area contributed by atoms with Crippen LogP contribution in [0.2, 0.25) is 0 Å². The second kappa shape index (κ2) is 6.94. The lowest BCUT2D eigenvalue weighted by molar-refractivity contribution is -0.00160. The van der Waals surface area contributed by atoms with E-state index in [0.29, 0.717) is 35.5 Å². The molecule has 1 aliphatic heterocycles. The molecule has 0 aliphatic carbocycles. The zero-order chi connectivity index (χ0) is 17.9. The summed E-state index contributed by atoms with van der Waals surface area (Å²) in [5.41, 5.74) is 0.270. The van der Waals surface area contributed by atoms with Crippen LogP contribution >= 0.6 is 0 Å². The molecule has 2 aromatic rings. The van der Waals surface area contributed by atoms with E-state index in [2.05, 4.69) is 10.1 Å². The molecular formula is C19H19NO5. The minimum absolute atomic E-state index is 0.0744. The smallest absolute Gasteiger partial charge is 0.337 e. The summed E-state index contributed by atoms with van der Waals surface area (Å²) in [6.45, 7) is 0.460. The van der Waals surface area contributed by atoms with Gasteiger partial charge in [0.1, 0.15) is 11.4 Å². The van der Waals surface area contributed by atoms with Gasteiger partial charge >= 0.3 is 5.97 Å². The third kappa shape index (κ3) is 3.49. The second-order valence-corrected chi connectivity index (χ2v) is 5.88. The van der Waals surface area contributed by atoms with E-state index in [1.807, 2.05) is 12.1 Å². The number of hydrogen-bond acceptors (Lipinski definition) is 5. The number of amides is 1. The molecule has 1 aliphatic rings. The van der Waals surface area contributed by atoms with Gasteiger partial charge in [-0.3, -0.25) is 4.79 Å². The lowest BCUT2D eigenvalue weighted by Crippen LogP contribution is -2.43. The van der Waals surface area contributed by atoms with E-state index in [-0.39, 0.29) is 12.5 Å². The van der Waals surface area contributed by atoms with Crippen LogP contribution in [0.5, 0.6) is 5.75 Å². The maximum Gasteiger partial charge on any atom is 0.337 e. The van der Waals surface area contributed by atoms with Crippen LogP contribution in [-0.4, -0.2) is 37.2 Å². The first-order valence-electron chi connectivity index (χ1n) is 7.95.